The molecule has 110 valence electrons. The van der Waals surface area contributed by atoms with Gasteiger partial charge in [0, 0.05) is 19.1 Å². The monoisotopic (exact) mass is 364 g/mol. The van der Waals surface area contributed by atoms with Gasteiger partial charge in [0.2, 0.25) is 10.0 Å². The summed E-state index contributed by atoms with van der Waals surface area (Å²) in [6, 6.07) is 1.81. The second-order valence-corrected chi connectivity index (χ2v) is 8.35. The SMILES string of the molecule is CNC1CCN(S(=O)(=O)c2cc(Cl)sc2Cl)CC1.Cl. The summed E-state index contributed by atoms with van der Waals surface area (Å²) in [4.78, 5) is 0.127. The first-order valence-electron chi connectivity index (χ1n) is 5.57. The molecule has 9 heteroatoms. The van der Waals surface area contributed by atoms with Gasteiger partial charge in [0.25, 0.3) is 0 Å². The highest BCUT2D eigenvalue weighted by Gasteiger charge is 2.31. The van der Waals surface area contributed by atoms with Crippen molar-refractivity contribution in [3.05, 3.63) is 14.7 Å². The first-order chi connectivity index (χ1) is 8.45. The first kappa shape index (κ1) is 17.5. The van der Waals surface area contributed by atoms with Gasteiger partial charge in [-0.15, -0.1) is 23.7 Å². The number of nitrogens with zero attached hydrogens (tertiary/aromatic N) is 1. The maximum atomic E-state index is 12.4. The average molecular weight is 366 g/mol. The first-order valence-corrected chi connectivity index (χ1v) is 8.58. The second kappa shape index (κ2) is 6.93. The lowest BCUT2D eigenvalue weighted by Crippen LogP contribution is -2.43. The largest absolute Gasteiger partial charge is 0.317 e. The van der Waals surface area contributed by atoms with E-state index in [4.69, 9.17) is 23.2 Å². The minimum atomic E-state index is -3.50. The molecule has 0 bridgehead atoms. The Balaban J connectivity index is 0.00000180. The van der Waals surface area contributed by atoms with E-state index >= 15 is 0 Å². The van der Waals surface area contributed by atoms with Crippen LogP contribution in [-0.4, -0.2) is 38.9 Å². The molecule has 0 unspecified atom stereocenters. The summed E-state index contributed by atoms with van der Waals surface area (Å²) in [6.45, 7) is 1.02. The van der Waals surface area contributed by atoms with Crippen LogP contribution in [0.2, 0.25) is 8.67 Å². The van der Waals surface area contributed by atoms with Crippen LogP contribution in [0.4, 0.5) is 0 Å². The van der Waals surface area contributed by atoms with Crippen LogP contribution in [-0.2, 0) is 10.0 Å². The lowest BCUT2D eigenvalue weighted by Gasteiger charge is -2.30. The third-order valence-corrected chi connectivity index (χ3v) is 6.76. The van der Waals surface area contributed by atoms with E-state index in [0.717, 1.165) is 24.2 Å². The molecule has 2 heterocycles. The number of thiophene rings is 1. The van der Waals surface area contributed by atoms with Gasteiger partial charge < -0.3 is 5.32 Å². The van der Waals surface area contributed by atoms with Gasteiger partial charge in [-0.3, -0.25) is 0 Å². The van der Waals surface area contributed by atoms with Crippen LogP contribution in [0.15, 0.2) is 11.0 Å². The Labute approximate surface area is 133 Å². The zero-order chi connectivity index (χ0) is 13.3. The van der Waals surface area contributed by atoms with E-state index in [1.54, 1.807) is 0 Å². The standard InChI is InChI=1S/C10H14Cl2N2O2S2.ClH/c1-13-7-2-4-14(5-3-7)18(15,16)8-6-9(11)17-10(8)12;/h6-7,13H,2-5H2,1H3;1H. The van der Waals surface area contributed by atoms with Crippen LogP contribution in [0, 0.1) is 0 Å². The zero-order valence-corrected chi connectivity index (χ0v) is 14.2. The molecule has 1 fully saturated rings. The van der Waals surface area contributed by atoms with Gasteiger partial charge in [-0.25, -0.2) is 8.42 Å². The lowest BCUT2D eigenvalue weighted by atomic mass is 10.1. The fourth-order valence-corrected chi connectivity index (χ4v) is 5.61. The van der Waals surface area contributed by atoms with E-state index in [-0.39, 0.29) is 21.6 Å². The summed E-state index contributed by atoms with van der Waals surface area (Å²) in [5, 5.41) is 3.16. The molecular weight excluding hydrogens is 351 g/mol. The molecule has 1 aromatic heterocycles. The number of hydrogen-bond donors (Lipinski definition) is 1. The number of hydrogen-bond acceptors (Lipinski definition) is 4. The van der Waals surface area contributed by atoms with E-state index in [1.165, 1.54) is 10.4 Å². The van der Waals surface area contributed by atoms with Crippen molar-refractivity contribution in [2.75, 3.05) is 20.1 Å². The maximum absolute atomic E-state index is 12.4. The van der Waals surface area contributed by atoms with Crippen molar-refractivity contribution in [3.63, 3.8) is 0 Å². The Bertz CT molecular complexity index is 525. The number of sulfonamides is 1. The molecule has 0 spiro atoms. The summed E-state index contributed by atoms with van der Waals surface area (Å²) in [5.74, 6) is 0. The highest BCUT2D eigenvalue weighted by molar-refractivity contribution is 7.89. The second-order valence-electron chi connectivity index (χ2n) is 4.16. The van der Waals surface area contributed by atoms with Crippen LogP contribution >= 0.6 is 46.9 Å². The van der Waals surface area contributed by atoms with Crippen molar-refractivity contribution in [2.24, 2.45) is 0 Å². The number of halogens is 3. The van der Waals surface area contributed by atoms with E-state index in [9.17, 15) is 8.42 Å². The topological polar surface area (TPSA) is 49.4 Å². The Hall–Kier alpha value is 0.440. The van der Waals surface area contributed by atoms with Crippen molar-refractivity contribution in [3.8, 4) is 0 Å². The molecule has 0 saturated carbocycles. The minimum Gasteiger partial charge on any atom is -0.317 e. The summed E-state index contributed by atoms with van der Waals surface area (Å²) in [6.07, 6.45) is 1.62. The summed E-state index contributed by atoms with van der Waals surface area (Å²) in [5.41, 5.74) is 0. The molecule has 0 aromatic carbocycles. The fraction of sp³-hybridized carbons (Fsp3) is 0.600. The van der Waals surface area contributed by atoms with Crippen molar-refractivity contribution in [1.29, 1.82) is 0 Å². The molecule has 1 N–H and O–H groups in total. The molecule has 0 amide bonds. The van der Waals surface area contributed by atoms with Crippen molar-refractivity contribution in [2.45, 2.75) is 23.8 Å². The molecule has 1 saturated heterocycles. The van der Waals surface area contributed by atoms with Gasteiger partial charge in [0.1, 0.15) is 9.23 Å². The Morgan fingerprint density at radius 3 is 2.37 bits per heavy atom. The Morgan fingerprint density at radius 2 is 1.95 bits per heavy atom. The molecule has 1 aliphatic rings. The van der Waals surface area contributed by atoms with Gasteiger partial charge in [0.15, 0.2) is 0 Å². The van der Waals surface area contributed by atoms with Crippen LogP contribution in [0.3, 0.4) is 0 Å². The smallest absolute Gasteiger partial charge is 0.245 e. The molecule has 0 aliphatic carbocycles. The molecular formula is C10H15Cl3N2O2S2. The normalized spacial score (nSPS) is 18.3. The highest BCUT2D eigenvalue weighted by atomic mass is 35.5. The Kier molecular flexibility index (Phi) is 6.38. The summed E-state index contributed by atoms with van der Waals surface area (Å²) in [7, 11) is -1.61. The van der Waals surface area contributed by atoms with E-state index in [2.05, 4.69) is 5.32 Å². The summed E-state index contributed by atoms with van der Waals surface area (Å²) < 4.78 is 26.9. The third kappa shape index (κ3) is 3.75. The minimum absolute atomic E-state index is 0. The molecule has 2 rings (SSSR count). The van der Waals surface area contributed by atoms with Gasteiger partial charge in [-0.1, -0.05) is 23.2 Å². The third-order valence-electron chi connectivity index (χ3n) is 3.11. The fourth-order valence-electron chi connectivity index (χ4n) is 2.02. The van der Waals surface area contributed by atoms with Crippen LogP contribution < -0.4 is 5.32 Å². The van der Waals surface area contributed by atoms with Crippen molar-refractivity contribution >= 4 is 57.0 Å². The van der Waals surface area contributed by atoms with E-state index < -0.39 is 10.0 Å². The number of nitrogens with one attached hydrogen (secondary N) is 1. The number of rotatable bonds is 3. The van der Waals surface area contributed by atoms with E-state index in [1.807, 2.05) is 7.05 Å². The van der Waals surface area contributed by atoms with Gasteiger partial charge in [-0.05, 0) is 26.0 Å². The van der Waals surface area contributed by atoms with Gasteiger partial charge in [0.05, 0.1) is 4.34 Å². The molecule has 1 aromatic rings. The predicted octanol–water partition coefficient (Wildman–Crippen LogP) is 2.85. The Morgan fingerprint density at radius 1 is 1.37 bits per heavy atom. The zero-order valence-electron chi connectivity index (χ0n) is 10.2. The molecule has 0 radical (unpaired) electrons. The molecule has 1 aliphatic heterocycles. The van der Waals surface area contributed by atoms with Crippen LogP contribution in [0.5, 0.6) is 0 Å². The van der Waals surface area contributed by atoms with E-state index in [0.29, 0.717) is 23.5 Å². The lowest BCUT2D eigenvalue weighted by molar-refractivity contribution is 0.298. The predicted molar refractivity (Wildman–Crippen MR) is 82.4 cm³/mol. The van der Waals surface area contributed by atoms with Gasteiger partial charge in [-0.2, -0.15) is 4.31 Å². The van der Waals surface area contributed by atoms with Crippen molar-refractivity contribution < 1.29 is 8.42 Å². The van der Waals surface area contributed by atoms with Crippen LogP contribution in [0.1, 0.15) is 12.8 Å². The average Bonchev–Trinajstić information content (AvgIpc) is 2.69. The molecule has 0 atom stereocenters. The number of piperidine rings is 1. The van der Waals surface area contributed by atoms with Gasteiger partial charge >= 0.3 is 0 Å². The van der Waals surface area contributed by atoms with Crippen molar-refractivity contribution in [1.82, 2.24) is 9.62 Å². The maximum Gasteiger partial charge on any atom is 0.245 e. The quantitative estimate of drug-likeness (QED) is 0.896. The molecule has 4 nitrogen and oxygen atoms in total. The molecule has 19 heavy (non-hydrogen) atoms. The highest BCUT2D eigenvalue weighted by Crippen LogP contribution is 2.36. The van der Waals surface area contributed by atoms with Crippen LogP contribution in [0.25, 0.3) is 0 Å². The summed E-state index contributed by atoms with van der Waals surface area (Å²) >= 11 is 12.8.